The Balaban J connectivity index is 2.20. The molecule has 0 aliphatic rings. The second-order valence-electron chi connectivity index (χ2n) is 4.70. The molecule has 9 heteroatoms. The predicted molar refractivity (Wildman–Crippen MR) is 91.1 cm³/mol. The zero-order valence-corrected chi connectivity index (χ0v) is 14.0. The van der Waals surface area contributed by atoms with Crippen molar-refractivity contribution in [1.82, 2.24) is 10.2 Å². The number of ether oxygens (including phenoxy) is 1. The average molecular weight is 358 g/mol. The van der Waals surface area contributed by atoms with Gasteiger partial charge in [-0.05, 0) is 18.6 Å². The van der Waals surface area contributed by atoms with Crippen LogP contribution in [0.25, 0.3) is 6.08 Å². The lowest BCUT2D eigenvalue weighted by Crippen LogP contribution is -2.13. The molecule has 0 radical (unpaired) electrons. The summed E-state index contributed by atoms with van der Waals surface area (Å²) < 4.78 is 5.15. The van der Waals surface area contributed by atoms with Crippen LogP contribution in [0.3, 0.4) is 0 Å². The number of nitriles is 1. The van der Waals surface area contributed by atoms with Gasteiger partial charge in [0.2, 0.25) is 5.13 Å². The number of carboxylic acid groups (broad SMARTS) is 1. The van der Waals surface area contributed by atoms with Crippen molar-refractivity contribution in [3.63, 3.8) is 0 Å². The van der Waals surface area contributed by atoms with Crippen molar-refractivity contribution in [3.8, 4) is 11.8 Å². The number of carbonyl (C=O) groups excluding carboxylic acids is 1. The van der Waals surface area contributed by atoms with E-state index in [0.717, 1.165) is 5.01 Å². The van der Waals surface area contributed by atoms with Crippen LogP contribution in [0.1, 0.15) is 17.5 Å². The summed E-state index contributed by atoms with van der Waals surface area (Å²) in [7, 11) is 0. The molecule has 0 spiro atoms. The van der Waals surface area contributed by atoms with Crippen LogP contribution in [0, 0.1) is 11.3 Å². The van der Waals surface area contributed by atoms with E-state index in [0.29, 0.717) is 17.1 Å². The van der Waals surface area contributed by atoms with Crippen molar-refractivity contribution in [2.75, 3.05) is 11.9 Å². The third kappa shape index (κ3) is 5.12. The topological polar surface area (TPSA) is 125 Å². The highest BCUT2D eigenvalue weighted by molar-refractivity contribution is 7.15. The van der Waals surface area contributed by atoms with Gasteiger partial charge in [-0.25, -0.2) is 4.79 Å². The van der Waals surface area contributed by atoms with E-state index in [9.17, 15) is 14.9 Å². The van der Waals surface area contributed by atoms with Crippen molar-refractivity contribution in [3.05, 3.63) is 40.4 Å². The number of rotatable bonds is 7. The number of nitrogens with zero attached hydrogens (tertiary/aromatic N) is 3. The Hall–Kier alpha value is -3.25. The summed E-state index contributed by atoms with van der Waals surface area (Å²) in [6.45, 7) is 1.39. The number of anilines is 1. The van der Waals surface area contributed by atoms with Crippen LogP contribution in [-0.2, 0) is 16.0 Å². The summed E-state index contributed by atoms with van der Waals surface area (Å²) in [5.41, 5.74) is 0.251. The fourth-order valence-electron chi connectivity index (χ4n) is 1.79. The highest BCUT2D eigenvalue weighted by atomic mass is 32.1. The van der Waals surface area contributed by atoms with Gasteiger partial charge in [-0.3, -0.25) is 10.1 Å². The average Bonchev–Trinajstić information content (AvgIpc) is 3.06. The van der Waals surface area contributed by atoms with Crippen molar-refractivity contribution >= 4 is 34.4 Å². The second-order valence-corrected chi connectivity index (χ2v) is 5.76. The maximum absolute atomic E-state index is 12.2. The fourth-order valence-corrected chi connectivity index (χ4v) is 2.46. The molecule has 8 nitrogen and oxygen atoms in total. The minimum Gasteiger partial charge on any atom is -0.481 e. The Kier molecular flexibility index (Phi) is 6.20. The molecule has 0 aliphatic heterocycles. The Labute approximate surface area is 147 Å². The number of hydrogen-bond donors (Lipinski definition) is 2. The number of aryl methyl sites for hydroxylation is 1. The lowest BCUT2D eigenvalue weighted by atomic mass is 10.1. The van der Waals surface area contributed by atoms with Gasteiger partial charge in [-0.15, -0.1) is 10.2 Å². The quantitative estimate of drug-likeness (QED) is 0.573. The molecule has 1 amide bonds. The molecule has 1 aromatic carbocycles. The second kappa shape index (κ2) is 8.56. The SMILES string of the molecule is CCc1nnc(NC(=O)/C(C#N)=C/c2ccccc2OCC(=O)O)s1. The van der Waals surface area contributed by atoms with E-state index >= 15 is 0 Å². The Morgan fingerprint density at radius 2 is 2.16 bits per heavy atom. The number of carboxylic acids is 1. The molecule has 0 unspecified atom stereocenters. The van der Waals surface area contributed by atoms with Crippen molar-refractivity contribution in [2.24, 2.45) is 0 Å². The van der Waals surface area contributed by atoms with Crippen molar-refractivity contribution in [2.45, 2.75) is 13.3 Å². The Morgan fingerprint density at radius 1 is 1.40 bits per heavy atom. The third-order valence-electron chi connectivity index (χ3n) is 2.92. The molecule has 1 aromatic heterocycles. The Bertz CT molecular complexity index is 854. The van der Waals surface area contributed by atoms with Crippen molar-refractivity contribution in [1.29, 1.82) is 5.26 Å². The number of aliphatic carboxylic acids is 1. The maximum atomic E-state index is 12.2. The summed E-state index contributed by atoms with van der Waals surface area (Å²) in [6.07, 6.45) is 2.02. The van der Waals surface area contributed by atoms with E-state index in [1.54, 1.807) is 24.3 Å². The number of hydrogen-bond acceptors (Lipinski definition) is 7. The van der Waals surface area contributed by atoms with Gasteiger partial charge >= 0.3 is 5.97 Å². The van der Waals surface area contributed by atoms with Gasteiger partial charge < -0.3 is 9.84 Å². The summed E-state index contributed by atoms with van der Waals surface area (Å²) in [5, 5.41) is 29.3. The Morgan fingerprint density at radius 3 is 2.80 bits per heavy atom. The standard InChI is InChI=1S/C16H14N4O4S/c1-2-13-19-20-16(25-13)18-15(23)11(8-17)7-10-5-3-4-6-12(10)24-9-14(21)22/h3-7H,2,9H2,1H3,(H,21,22)(H,18,20,23)/b11-7+. The highest BCUT2D eigenvalue weighted by Crippen LogP contribution is 2.22. The van der Waals surface area contributed by atoms with Crippen LogP contribution < -0.4 is 10.1 Å². The van der Waals surface area contributed by atoms with Crippen LogP contribution in [0.2, 0.25) is 0 Å². The summed E-state index contributed by atoms with van der Waals surface area (Å²) in [6, 6.07) is 8.33. The number of benzene rings is 1. The third-order valence-corrected chi connectivity index (χ3v) is 3.91. The monoisotopic (exact) mass is 358 g/mol. The van der Waals surface area contributed by atoms with Crippen LogP contribution in [0.4, 0.5) is 5.13 Å². The first-order valence-corrected chi connectivity index (χ1v) is 8.04. The van der Waals surface area contributed by atoms with Crippen LogP contribution in [0.5, 0.6) is 5.75 Å². The largest absolute Gasteiger partial charge is 0.481 e. The van der Waals surface area contributed by atoms with Gasteiger partial charge in [0.05, 0.1) is 0 Å². The van der Waals surface area contributed by atoms with Gasteiger partial charge in [0, 0.05) is 5.56 Å². The van der Waals surface area contributed by atoms with Gasteiger partial charge in [0.25, 0.3) is 5.91 Å². The van der Waals surface area contributed by atoms with E-state index in [-0.39, 0.29) is 11.3 Å². The van der Waals surface area contributed by atoms with E-state index < -0.39 is 18.5 Å². The zero-order valence-electron chi connectivity index (χ0n) is 13.2. The molecule has 0 fully saturated rings. The molecule has 2 N–H and O–H groups in total. The van der Waals surface area contributed by atoms with Gasteiger partial charge in [0.15, 0.2) is 6.61 Å². The molecule has 0 saturated carbocycles. The lowest BCUT2D eigenvalue weighted by molar-refractivity contribution is -0.139. The van der Waals surface area contributed by atoms with Crippen LogP contribution in [-0.4, -0.2) is 33.8 Å². The molecule has 128 valence electrons. The van der Waals surface area contributed by atoms with Gasteiger partial charge in [-0.1, -0.05) is 36.5 Å². The molecule has 2 rings (SSSR count). The molecule has 1 heterocycles. The molecule has 2 aromatic rings. The number of amides is 1. The summed E-state index contributed by atoms with van der Waals surface area (Å²) >= 11 is 1.23. The molecule has 0 atom stereocenters. The van der Waals surface area contributed by atoms with Crippen LogP contribution in [0.15, 0.2) is 29.8 Å². The predicted octanol–water partition coefficient (Wildman–Crippen LogP) is 2.11. The number of carbonyl (C=O) groups is 2. The minimum absolute atomic E-state index is 0.167. The molecule has 0 saturated heterocycles. The first-order valence-electron chi connectivity index (χ1n) is 7.22. The van der Waals surface area contributed by atoms with Crippen LogP contribution >= 0.6 is 11.3 Å². The normalized spacial score (nSPS) is 10.8. The summed E-state index contributed by atoms with van der Waals surface area (Å²) in [5.74, 6) is -1.50. The first kappa shape index (κ1) is 18.1. The minimum atomic E-state index is -1.12. The number of nitrogens with one attached hydrogen (secondary N) is 1. The molecular formula is C16H14N4O4S. The van der Waals surface area contributed by atoms with E-state index in [1.165, 1.54) is 17.4 Å². The molecule has 0 bridgehead atoms. The zero-order chi connectivity index (χ0) is 18.2. The van der Waals surface area contributed by atoms with Gasteiger partial charge in [0.1, 0.15) is 22.4 Å². The van der Waals surface area contributed by atoms with Crippen molar-refractivity contribution < 1.29 is 19.4 Å². The molecule has 25 heavy (non-hydrogen) atoms. The fraction of sp³-hybridized carbons (Fsp3) is 0.188. The smallest absolute Gasteiger partial charge is 0.341 e. The molecular weight excluding hydrogens is 344 g/mol. The van der Waals surface area contributed by atoms with E-state index in [4.69, 9.17) is 9.84 Å². The van der Waals surface area contributed by atoms with Gasteiger partial charge in [-0.2, -0.15) is 5.26 Å². The maximum Gasteiger partial charge on any atom is 0.341 e. The van der Waals surface area contributed by atoms with E-state index in [2.05, 4.69) is 15.5 Å². The lowest BCUT2D eigenvalue weighted by Gasteiger charge is -2.07. The highest BCUT2D eigenvalue weighted by Gasteiger charge is 2.14. The number of para-hydroxylation sites is 1. The molecule has 0 aliphatic carbocycles. The summed E-state index contributed by atoms with van der Waals surface area (Å²) in [4.78, 5) is 22.9. The van der Waals surface area contributed by atoms with E-state index in [1.807, 2.05) is 13.0 Å². The number of aromatic nitrogens is 2. The first-order chi connectivity index (χ1) is 12.0.